The fourth-order valence-electron chi connectivity index (χ4n) is 2.66. The van der Waals surface area contributed by atoms with Crippen LogP contribution >= 0.6 is 0 Å². The first-order chi connectivity index (χ1) is 11.0. The number of hydrogen-bond acceptors (Lipinski definition) is 4. The molecule has 7 heteroatoms. The first kappa shape index (κ1) is 15.2. The van der Waals surface area contributed by atoms with Crippen LogP contribution < -0.4 is 5.56 Å². The summed E-state index contributed by atoms with van der Waals surface area (Å²) in [5, 5.41) is 14.4. The quantitative estimate of drug-likeness (QED) is 0.883. The van der Waals surface area contributed by atoms with Crippen molar-refractivity contribution in [2.75, 3.05) is 0 Å². The van der Waals surface area contributed by atoms with Gasteiger partial charge >= 0.3 is 5.97 Å². The molecule has 2 aromatic rings. The predicted molar refractivity (Wildman–Crippen MR) is 83.0 cm³/mol. The van der Waals surface area contributed by atoms with E-state index in [2.05, 4.69) is 5.10 Å². The fourth-order valence-corrected chi connectivity index (χ4v) is 2.66. The van der Waals surface area contributed by atoms with Gasteiger partial charge in [0.05, 0.1) is 11.6 Å². The molecular weight excluding hydrogens is 298 g/mol. The van der Waals surface area contributed by atoms with Gasteiger partial charge in [0, 0.05) is 11.4 Å². The average Bonchev–Trinajstić information content (AvgIpc) is 3.35. The van der Waals surface area contributed by atoms with Crippen LogP contribution in [0, 0.1) is 0 Å². The Morgan fingerprint density at radius 2 is 2.09 bits per heavy atom. The van der Waals surface area contributed by atoms with Gasteiger partial charge in [-0.1, -0.05) is 18.2 Å². The highest BCUT2D eigenvalue weighted by molar-refractivity contribution is 5.84. The molecule has 0 saturated heterocycles. The Morgan fingerprint density at radius 1 is 1.39 bits per heavy atom. The summed E-state index contributed by atoms with van der Waals surface area (Å²) in [6.45, 7) is 1.23. The van der Waals surface area contributed by atoms with Gasteiger partial charge in [-0.3, -0.25) is 9.59 Å². The lowest BCUT2D eigenvalue weighted by molar-refractivity contribution is -0.150. The first-order valence-electron chi connectivity index (χ1n) is 7.48. The Morgan fingerprint density at radius 3 is 2.74 bits per heavy atom. The van der Waals surface area contributed by atoms with Crippen LogP contribution in [-0.2, 0) is 16.1 Å². The number of carbonyl (C=O) groups excluding carboxylic acids is 1. The maximum Gasteiger partial charge on any atom is 0.326 e. The summed E-state index contributed by atoms with van der Waals surface area (Å²) >= 11 is 0. The van der Waals surface area contributed by atoms with Gasteiger partial charge in [0.25, 0.3) is 5.56 Å². The predicted octanol–water partition coefficient (Wildman–Crippen LogP) is 0.861. The highest BCUT2D eigenvalue weighted by Gasteiger charge is 2.38. The van der Waals surface area contributed by atoms with Crippen molar-refractivity contribution in [3.8, 4) is 0 Å². The number of aliphatic carboxylic acids is 1. The summed E-state index contributed by atoms with van der Waals surface area (Å²) in [6.07, 6.45) is 3.12. The average molecular weight is 315 g/mol. The lowest BCUT2D eigenvalue weighted by atomic mass is 10.2. The van der Waals surface area contributed by atoms with Crippen molar-refractivity contribution in [2.45, 2.75) is 38.4 Å². The number of carboxylic acids is 1. The summed E-state index contributed by atoms with van der Waals surface area (Å²) in [6, 6.07) is 6.05. The molecular formula is C16H17N3O4. The van der Waals surface area contributed by atoms with E-state index in [0.717, 1.165) is 17.5 Å². The molecule has 0 spiro atoms. The smallest absolute Gasteiger partial charge is 0.326 e. The van der Waals surface area contributed by atoms with Gasteiger partial charge in [-0.2, -0.15) is 5.10 Å². The lowest BCUT2D eigenvalue weighted by Gasteiger charge is -2.26. The largest absolute Gasteiger partial charge is 0.480 e. The molecule has 7 nitrogen and oxygen atoms in total. The van der Waals surface area contributed by atoms with Gasteiger partial charge in [0.1, 0.15) is 12.6 Å². The maximum absolute atomic E-state index is 12.5. The summed E-state index contributed by atoms with van der Waals surface area (Å²) in [5.41, 5.74) is -0.352. The zero-order chi connectivity index (χ0) is 16.6. The molecule has 23 heavy (non-hydrogen) atoms. The van der Waals surface area contributed by atoms with Crippen LogP contribution in [-0.4, -0.2) is 43.7 Å². The molecule has 1 heterocycles. The van der Waals surface area contributed by atoms with E-state index in [1.165, 1.54) is 18.0 Å². The van der Waals surface area contributed by atoms with Gasteiger partial charge in [0.2, 0.25) is 5.91 Å². The number of amides is 1. The number of fused-ring (bicyclic) bond motifs is 1. The maximum atomic E-state index is 12.5. The van der Waals surface area contributed by atoms with Crippen LogP contribution in [0.15, 0.2) is 35.3 Å². The minimum atomic E-state index is -1.05. The monoisotopic (exact) mass is 315 g/mol. The van der Waals surface area contributed by atoms with E-state index in [4.69, 9.17) is 5.11 Å². The number of benzene rings is 1. The van der Waals surface area contributed by atoms with E-state index < -0.39 is 17.9 Å². The van der Waals surface area contributed by atoms with Crippen LogP contribution in [0.4, 0.5) is 0 Å². The van der Waals surface area contributed by atoms with Crippen molar-refractivity contribution in [1.82, 2.24) is 14.7 Å². The summed E-state index contributed by atoms with van der Waals surface area (Å²) in [4.78, 5) is 37.4. The molecule has 1 aromatic heterocycles. The van der Waals surface area contributed by atoms with Crippen molar-refractivity contribution < 1.29 is 14.7 Å². The molecule has 1 saturated carbocycles. The van der Waals surface area contributed by atoms with Crippen molar-refractivity contribution in [3.05, 3.63) is 40.8 Å². The van der Waals surface area contributed by atoms with Crippen LogP contribution in [0.3, 0.4) is 0 Å². The Labute approximate surface area is 132 Å². The molecule has 0 aliphatic heterocycles. The van der Waals surface area contributed by atoms with Gasteiger partial charge in [-0.05, 0) is 25.8 Å². The first-order valence-corrected chi connectivity index (χ1v) is 7.48. The number of carboxylic acid groups (broad SMARTS) is 1. The van der Waals surface area contributed by atoms with Crippen molar-refractivity contribution >= 4 is 22.6 Å². The fraction of sp³-hybridized carbons (Fsp3) is 0.375. The zero-order valence-corrected chi connectivity index (χ0v) is 12.7. The van der Waals surface area contributed by atoms with E-state index in [9.17, 15) is 14.4 Å². The van der Waals surface area contributed by atoms with Crippen LogP contribution in [0.25, 0.3) is 10.8 Å². The molecule has 0 bridgehead atoms. The van der Waals surface area contributed by atoms with Crippen molar-refractivity contribution in [1.29, 1.82) is 0 Å². The number of rotatable bonds is 5. The lowest BCUT2D eigenvalue weighted by Crippen LogP contribution is -2.47. The Balaban J connectivity index is 1.88. The number of hydrogen-bond donors (Lipinski definition) is 1. The molecule has 1 N–H and O–H groups in total. The topological polar surface area (TPSA) is 92.5 Å². The van der Waals surface area contributed by atoms with Gasteiger partial charge in [0.15, 0.2) is 0 Å². The van der Waals surface area contributed by atoms with Crippen LogP contribution in [0.5, 0.6) is 0 Å². The molecule has 1 aliphatic carbocycles. The molecule has 1 amide bonds. The van der Waals surface area contributed by atoms with Crippen molar-refractivity contribution in [3.63, 3.8) is 0 Å². The second-order valence-electron chi connectivity index (χ2n) is 5.74. The summed E-state index contributed by atoms with van der Waals surface area (Å²) in [7, 11) is 0. The van der Waals surface area contributed by atoms with Gasteiger partial charge in [-0.25, -0.2) is 9.48 Å². The molecule has 1 atom stereocenters. The van der Waals surface area contributed by atoms with Gasteiger partial charge in [-0.15, -0.1) is 0 Å². The Hall–Kier alpha value is -2.70. The van der Waals surface area contributed by atoms with Crippen molar-refractivity contribution in [2.24, 2.45) is 0 Å². The van der Waals surface area contributed by atoms with Gasteiger partial charge < -0.3 is 10.0 Å². The normalized spacial score (nSPS) is 15.3. The third kappa shape index (κ3) is 2.94. The standard InChI is InChI=1S/C16H17N3O4/c1-10(16(22)23)19(12-6-7-12)14(20)9-18-15(21)13-5-3-2-4-11(13)8-17-18/h2-5,8,10,12H,6-7,9H2,1H3,(H,22,23). The molecule has 1 aromatic carbocycles. The SMILES string of the molecule is CC(C(=O)O)N(C(=O)Cn1ncc2ccccc2c1=O)C1CC1. The highest BCUT2D eigenvalue weighted by Crippen LogP contribution is 2.29. The number of aromatic nitrogens is 2. The minimum absolute atomic E-state index is 0.0511. The zero-order valence-electron chi connectivity index (χ0n) is 12.7. The highest BCUT2D eigenvalue weighted by atomic mass is 16.4. The van der Waals surface area contributed by atoms with E-state index in [-0.39, 0.29) is 18.1 Å². The second kappa shape index (κ2) is 5.83. The summed E-state index contributed by atoms with van der Waals surface area (Å²) < 4.78 is 1.09. The molecule has 3 rings (SSSR count). The number of nitrogens with zero attached hydrogens (tertiary/aromatic N) is 3. The van der Waals surface area contributed by atoms with E-state index >= 15 is 0 Å². The third-order valence-electron chi connectivity index (χ3n) is 4.05. The molecule has 120 valence electrons. The second-order valence-corrected chi connectivity index (χ2v) is 5.74. The molecule has 1 fully saturated rings. The minimum Gasteiger partial charge on any atom is -0.480 e. The van der Waals surface area contributed by atoms with Crippen LogP contribution in [0.2, 0.25) is 0 Å². The Kier molecular flexibility index (Phi) is 3.85. The van der Waals surface area contributed by atoms with E-state index in [1.54, 1.807) is 18.2 Å². The van der Waals surface area contributed by atoms with E-state index in [0.29, 0.717) is 10.8 Å². The Bertz CT molecular complexity index is 825. The third-order valence-corrected chi connectivity index (χ3v) is 4.05. The van der Waals surface area contributed by atoms with Crippen LogP contribution in [0.1, 0.15) is 19.8 Å². The summed E-state index contributed by atoms with van der Waals surface area (Å²) in [5.74, 6) is -1.45. The molecule has 1 unspecified atom stereocenters. The number of carbonyl (C=O) groups is 2. The molecule has 1 aliphatic rings. The molecule has 0 radical (unpaired) electrons. The van der Waals surface area contributed by atoms with E-state index in [1.807, 2.05) is 6.07 Å².